The van der Waals surface area contributed by atoms with Gasteiger partial charge >= 0.3 is 0 Å². The second-order valence-electron chi connectivity index (χ2n) is 16.2. The molecule has 0 unspecified atom stereocenters. The Bertz CT molecular complexity index is 2840. The third kappa shape index (κ3) is 5.58. The lowest BCUT2D eigenvalue weighted by Gasteiger charge is -2.31. The van der Waals surface area contributed by atoms with Crippen molar-refractivity contribution in [2.45, 2.75) is 13.2 Å². The first-order valence-electron chi connectivity index (χ1n) is 19.9. The fourth-order valence-corrected chi connectivity index (χ4v) is 9.54. The summed E-state index contributed by atoms with van der Waals surface area (Å²) in [4.78, 5) is 5.04. The van der Waals surface area contributed by atoms with E-state index in [2.05, 4.69) is 176 Å². The van der Waals surface area contributed by atoms with Gasteiger partial charge in [-0.3, -0.25) is 4.57 Å². The Labute approximate surface area is 340 Å². The van der Waals surface area contributed by atoms with Crippen LogP contribution in [-0.2, 0) is 0 Å². The highest BCUT2D eigenvalue weighted by molar-refractivity contribution is 6.72. The zero-order chi connectivity index (χ0) is 39.9. The van der Waals surface area contributed by atoms with E-state index in [1.807, 2.05) is 0 Å². The predicted molar refractivity (Wildman–Crippen MR) is 287 cm³/mol. The first kappa shape index (κ1) is 38.8. The number of imidazole rings is 1. The molecule has 0 saturated carbocycles. The number of benzene rings is 6. The maximum Gasteiger partial charge on any atom is 0.139 e. The van der Waals surface area contributed by atoms with E-state index in [4.69, 9.17) is 11.4 Å². The smallest absolute Gasteiger partial charge is 0.139 e. The molecule has 0 amide bonds. The zero-order valence-corrected chi connectivity index (χ0v) is 35.8. The van der Waals surface area contributed by atoms with Gasteiger partial charge in [0.2, 0.25) is 0 Å². The number of hydrogen-bond donors (Lipinski definition) is 0. The van der Waals surface area contributed by atoms with Crippen molar-refractivity contribution in [2.75, 3.05) is 0 Å². The number of para-hydroxylation sites is 3. The van der Waals surface area contributed by atoms with Crippen LogP contribution in [0.2, 0.25) is 6.32 Å². The minimum Gasteiger partial charge on any atom is -0.296 e. The van der Waals surface area contributed by atoms with Crippen molar-refractivity contribution in [2.24, 2.45) is 0 Å². The topological polar surface area (TPSA) is 17.8 Å². The van der Waals surface area contributed by atoms with Gasteiger partial charge in [-0.25, -0.2) is 4.98 Å². The molecular formula is C39H42B14N2. The van der Waals surface area contributed by atoms with Gasteiger partial charge in [-0.05, 0) is 68.9 Å². The summed E-state index contributed by atoms with van der Waals surface area (Å²) in [5.41, 5.74) is 27.6. The SMILES string of the molecule is BC/C(B)=C(/B)c1c(B)c(B)c(B)c(-c2c3c(B)c(B)c(B)c(B)c3c(-c3ccccc3-n3c(C)nc4ccccc43)c3c(B)c(B)c(B)c(B)c23)c1C#C. The first-order chi connectivity index (χ1) is 26.1. The zero-order valence-electron chi connectivity index (χ0n) is 35.8. The monoisotopic (exact) mass is 692 g/mol. The molecule has 0 saturated heterocycles. The molecule has 1 aromatic heterocycles. The van der Waals surface area contributed by atoms with Crippen LogP contribution in [0.1, 0.15) is 17.0 Å². The number of terminal acetylenes is 1. The Morgan fingerprint density at radius 2 is 1.07 bits per heavy atom. The minimum atomic E-state index is 0.974. The molecule has 0 N–H and O–H groups in total. The molecule has 0 aliphatic heterocycles. The molecule has 16 heteroatoms. The van der Waals surface area contributed by atoms with Gasteiger partial charge in [-0.2, -0.15) is 0 Å². The molecule has 0 aliphatic carbocycles. The van der Waals surface area contributed by atoms with Gasteiger partial charge in [-0.1, -0.05) is 80.8 Å². The number of aryl methyl sites for hydroxylation is 1. The fourth-order valence-electron chi connectivity index (χ4n) is 9.54. The Hall–Kier alpha value is -4.48. The van der Waals surface area contributed by atoms with Crippen LogP contribution in [0, 0.1) is 19.3 Å². The van der Waals surface area contributed by atoms with Crippen molar-refractivity contribution >= 4 is 208 Å². The molecule has 7 rings (SSSR count). The van der Waals surface area contributed by atoms with Gasteiger partial charge in [0.05, 0.1) is 16.7 Å². The van der Waals surface area contributed by atoms with Crippen LogP contribution in [0.3, 0.4) is 0 Å². The van der Waals surface area contributed by atoms with Crippen LogP contribution in [-0.4, -0.2) is 119 Å². The maximum absolute atomic E-state index is 6.76. The molecular weight excluding hydrogens is 648 g/mol. The first-order valence-corrected chi connectivity index (χ1v) is 19.9. The Kier molecular flexibility index (Phi) is 10.0. The Morgan fingerprint density at radius 3 is 1.60 bits per heavy atom. The summed E-state index contributed by atoms with van der Waals surface area (Å²) in [5.74, 6) is 4.31. The van der Waals surface area contributed by atoms with E-state index in [-0.39, 0.29) is 0 Å². The summed E-state index contributed by atoms with van der Waals surface area (Å²) in [6.07, 6.45) is 7.74. The fraction of sp³-hybridized carbons (Fsp3) is 0.0513. The van der Waals surface area contributed by atoms with E-state index in [9.17, 15) is 0 Å². The van der Waals surface area contributed by atoms with Crippen molar-refractivity contribution in [1.82, 2.24) is 9.55 Å². The molecule has 0 bridgehead atoms. The summed E-state index contributed by atoms with van der Waals surface area (Å²) in [6.45, 7) is 2.13. The average Bonchev–Trinajstić information content (AvgIpc) is 3.53. The van der Waals surface area contributed by atoms with E-state index in [1.54, 1.807) is 0 Å². The van der Waals surface area contributed by atoms with Crippen LogP contribution in [0.25, 0.3) is 66.0 Å². The lowest BCUT2D eigenvalue weighted by Crippen LogP contribution is -2.50. The van der Waals surface area contributed by atoms with Gasteiger partial charge in [0, 0.05) is 11.1 Å². The molecule has 0 fully saturated rings. The molecule has 0 atom stereocenters. The number of hydrogen-bond acceptors (Lipinski definition) is 1. The summed E-state index contributed by atoms with van der Waals surface area (Å²) in [5, 5.41) is 5.22. The number of allylic oxidation sites excluding steroid dienone is 1. The largest absolute Gasteiger partial charge is 0.296 e. The van der Waals surface area contributed by atoms with Crippen molar-refractivity contribution in [3.63, 3.8) is 0 Å². The molecule has 1 heterocycles. The van der Waals surface area contributed by atoms with E-state index >= 15 is 0 Å². The third-order valence-corrected chi connectivity index (χ3v) is 13.8. The normalized spacial score (nSPS) is 12.0. The highest BCUT2D eigenvalue weighted by Crippen LogP contribution is 2.43. The summed E-state index contributed by atoms with van der Waals surface area (Å²) in [7, 11) is 32.2. The average molecular weight is 690 g/mol. The minimum absolute atomic E-state index is 0.974. The van der Waals surface area contributed by atoms with E-state index in [0.29, 0.717) is 0 Å². The highest BCUT2D eigenvalue weighted by atomic mass is 15.1. The van der Waals surface area contributed by atoms with Gasteiger partial charge in [-0.15, -0.1) is 39.2 Å². The number of rotatable bonds is 5. The Morgan fingerprint density at radius 1 is 0.600 bits per heavy atom. The van der Waals surface area contributed by atoms with E-state index in [0.717, 1.165) is 34.4 Å². The molecule has 0 spiro atoms. The molecule has 6 aromatic carbocycles. The molecule has 250 valence electrons. The van der Waals surface area contributed by atoms with Crippen molar-refractivity contribution in [3.05, 3.63) is 71.0 Å². The van der Waals surface area contributed by atoms with Crippen LogP contribution in [0.15, 0.2) is 54.0 Å². The van der Waals surface area contributed by atoms with Crippen LogP contribution in [0.5, 0.6) is 0 Å². The molecule has 7 aromatic rings. The second-order valence-corrected chi connectivity index (χ2v) is 16.2. The third-order valence-electron chi connectivity index (χ3n) is 13.8. The summed E-state index contributed by atoms with van der Waals surface area (Å²) in [6, 6.07) is 17.5. The van der Waals surface area contributed by atoms with Crippen LogP contribution < -0.4 is 60.1 Å². The molecule has 55 heavy (non-hydrogen) atoms. The summed E-state index contributed by atoms with van der Waals surface area (Å²) >= 11 is 0. The second kappa shape index (κ2) is 14.2. The lowest BCUT2D eigenvalue weighted by molar-refractivity contribution is 1.00. The van der Waals surface area contributed by atoms with Crippen LogP contribution >= 0.6 is 0 Å². The van der Waals surface area contributed by atoms with Crippen LogP contribution in [0.4, 0.5) is 0 Å². The number of nitrogens with zero attached hydrogens (tertiary/aromatic N) is 2. The van der Waals surface area contributed by atoms with Gasteiger partial charge in [0.25, 0.3) is 0 Å². The molecule has 0 radical (unpaired) electrons. The van der Waals surface area contributed by atoms with Crippen molar-refractivity contribution in [1.29, 1.82) is 0 Å². The quantitative estimate of drug-likeness (QED) is 0.0999. The standard InChI is InChI=1S/C39H42B14N2/c1-3-14-21(29(43)35(49)30(44)22(14)28(42)16(41)12-40)23-26-24(31(45)36(50)38(52)33(26)47)20(25-27(23)34(48)39(53)37(51)32(25)46)15-8-4-6-10-18(15)55-13(2)54-17-9-5-7-11-19(17)55/h1,4-11H,12,40-53H2,2H3/b28-16-. The highest BCUT2D eigenvalue weighted by Gasteiger charge is 2.29. The molecule has 0 aliphatic rings. The van der Waals surface area contributed by atoms with Crippen molar-refractivity contribution < 1.29 is 0 Å². The number of fused-ring (bicyclic) bond motifs is 3. The van der Waals surface area contributed by atoms with Crippen molar-refractivity contribution in [3.8, 4) is 40.3 Å². The van der Waals surface area contributed by atoms with E-state index in [1.165, 1.54) is 120 Å². The molecule has 2 nitrogen and oxygen atoms in total. The van der Waals surface area contributed by atoms with E-state index < -0.39 is 0 Å². The number of aromatic nitrogens is 2. The maximum atomic E-state index is 6.76. The Balaban J connectivity index is 1.86. The van der Waals surface area contributed by atoms with Gasteiger partial charge in [0.15, 0.2) is 0 Å². The van der Waals surface area contributed by atoms with Gasteiger partial charge < -0.3 is 0 Å². The van der Waals surface area contributed by atoms with Gasteiger partial charge in [0.1, 0.15) is 116 Å². The lowest BCUT2D eigenvalue weighted by atomic mass is 9.57. The summed E-state index contributed by atoms with van der Waals surface area (Å²) < 4.78 is 2.35. The predicted octanol–water partition coefficient (Wildman–Crippen LogP) is -12.2.